The van der Waals surface area contributed by atoms with Crippen LogP contribution in [0.2, 0.25) is 0 Å². The number of amides is 1. The molecule has 1 fully saturated rings. The van der Waals surface area contributed by atoms with Crippen LogP contribution in [0.4, 0.5) is 4.39 Å². The van der Waals surface area contributed by atoms with E-state index in [2.05, 4.69) is 29.2 Å². The van der Waals surface area contributed by atoms with Crippen molar-refractivity contribution in [3.63, 3.8) is 0 Å². The number of aromatic nitrogens is 1. The minimum atomic E-state index is -0.276. The Hall–Kier alpha value is -2.92. The predicted octanol–water partition coefficient (Wildman–Crippen LogP) is 3.95. The Labute approximate surface area is 171 Å². The van der Waals surface area contributed by atoms with Gasteiger partial charge in [0.05, 0.1) is 12.5 Å². The van der Waals surface area contributed by atoms with E-state index in [9.17, 15) is 9.18 Å². The third kappa shape index (κ3) is 4.93. The van der Waals surface area contributed by atoms with Crippen molar-refractivity contribution in [3.05, 3.63) is 96.1 Å². The lowest BCUT2D eigenvalue weighted by Gasteiger charge is -2.35. The van der Waals surface area contributed by atoms with Crippen LogP contribution in [0, 0.1) is 5.82 Å². The van der Waals surface area contributed by atoms with Crippen molar-refractivity contribution < 1.29 is 9.18 Å². The summed E-state index contributed by atoms with van der Waals surface area (Å²) in [6.07, 6.45) is 4.19. The Morgan fingerprint density at radius 1 is 0.897 bits per heavy atom. The summed E-state index contributed by atoms with van der Waals surface area (Å²) in [6, 6.07) is 20.6. The zero-order valence-corrected chi connectivity index (χ0v) is 16.5. The Morgan fingerprint density at radius 3 is 2.31 bits per heavy atom. The highest BCUT2D eigenvalue weighted by atomic mass is 19.1. The molecule has 4 nitrogen and oxygen atoms in total. The number of hydrogen-bond donors (Lipinski definition) is 0. The normalized spacial score (nSPS) is 16.0. The highest BCUT2D eigenvalue weighted by Gasteiger charge is 2.25. The van der Waals surface area contributed by atoms with E-state index in [1.165, 1.54) is 17.7 Å². The summed E-state index contributed by atoms with van der Waals surface area (Å²) < 4.78 is 15.8. The number of benzene rings is 2. The van der Waals surface area contributed by atoms with Crippen LogP contribution in [0.1, 0.15) is 23.6 Å². The van der Waals surface area contributed by atoms with Gasteiger partial charge in [0.2, 0.25) is 5.91 Å². The maximum Gasteiger partial charge on any atom is 0.225 e. The van der Waals surface area contributed by atoms with Gasteiger partial charge in [-0.3, -0.25) is 9.69 Å². The molecule has 0 unspecified atom stereocenters. The second-order valence-corrected chi connectivity index (χ2v) is 7.55. The Morgan fingerprint density at radius 2 is 1.62 bits per heavy atom. The third-order valence-electron chi connectivity index (χ3n) is 5.56. The second-order valence-electron chi connectivity index (χ2n) is 7.55. The first-order valence-corrected chi connectivity index (χ1v) is 10.1. The fourth-order valence-corrected chi connectivity index (χ4v) is 3.96. The molecule has 1 aliphatic heterocycles. The topological polar surface area (TPSA) is 28.5 Å². The molecule has 1 aliphatic rings. The van der Waals surface area contributed by atoms with Crippen molar-refractivity contribution in [2.24, 2.45) is 0 Å². The van der Waals surface area contributed by atoms with Crippen LogP contribution in [0.25, 0.3) is 0 Å². The van der Waals surface area contributed by atoms with Crippen molar-refractivity contribution >= 4 is 5.91 Å². The summed E-state index contributed by atoms with van der Waals surface area (Å²) in [5, 5.41) is 0. The summed E-state index contributed by atoms with van der Waals surface area (Å²) >= 11 is 0. The van der Waals surface area contributed by atoms with Crippen LogP contribution in [0.15, 0.2) is 79.1 Å². The molecule has 29 heavy (non-hydrogen) atoms. The van der Waals surface area contributed by atoms with Crippen LogP contribution in [0.5, 0.6) is 0 Å². The van der Waals surface area contributed by atoms with E-state index in [-0.39, 0.29) is 17.8 Å². The van der Waals surface area contributed by atoms with Gasteiger partial charge in [-0.1, -0.05) is 42.5 Å². The molecular weight excluding hydrogens is 365 g/mol. The summed E-state index contributed by atoms with van der Waals surface area (Å²) in [6.45, 7) is 4.11. The molecule has 0 N–H and O–H groups in total. The first kappa shape index (κ1) is 19.4. The zero-order chi connectivity index (χ0) is 20.1. The monoisotopic (exact) mass is 391 g/mol. The van der Waals surface area contributed by atoms with Gasteiger partial charge in [0, 0.05) is 45.1 Å². The van der Waals surface area contributed by atoms with Crippen LogP contribution >= 0.6 is 0 Å². The van der Waals surface area contributed by atoms with Crippen molar-refractivity contribution in [2.75, 3.05) is 26.2 Å². The fraction of sp³-hybridized carbons (Fsp3) is 0.292. The van der Waals surface area contributed by atoms with Crippen molar-refractivity contribution in [3.8, 4) is 0 Å². The molecule has 0 spiro atoms. The standard InChI is InChI=1S/C24H26FN3O/c25-22-10-6-9-21(17-22)23(27-11-4-5-12-27)18-24(29)28-15-13-26(14-16-28)19-20-7-2-1-3-8-20/h1-12,17,23H,13-16,18-19H2/t23-/m0/s1. The largest absolute Gasteiger partial charge is 0.346 e. The first-order chi connectivity index (χ1) is 14.2. The van der Waals surface area contributed by atoms with Gasteiger partial charge >= 0.3 is 0 Å². The smallest absolute Gasteiger partial charge is 0.225 e. The molecule has 0 radical (unpaired) electrons. The van der Waals surface area contributed by atoms with E-state index in [0.717, 1.165) is 38.3 Å². The fourth-order valence-electron chi connectivity index (χ4n) is 3.96. The van der Waals surface area contributed by atoms with E-state index in [0.29, 0.717) is 6.42 Å². The number of carbonyl (C=O) groups is 1. The molecule has 1 amide bonds. The van der Waals surface area contributed by atoms with E-state index in [1.54, 1.807) is 6.07 Å². The van der Waals surface area contributed by atoms with Gasteiger partial charge in [-0.2, -0.15) is 0 Å². The van der Waals surface area contributed by atoms with E-state index in [4.69, 9.17) is 0 Å². The van der Waals surface area contributed by atoms with Gasteiger partial charge in [0.15, 0.2) is 0 Å². The lowest BCUT2D eigenvalue weighted by Crippen LogP contribution is -2.48. The third-order valence-corrected chi connectivity index (χ3v) is 5.56. The lowest BCUT2D eigenvalue weighted by molar-refractivity contribution is -0.133. The Kier molecular flexibility index (Phi) is 6.06. The minimum absolute atomic E-state index is 0.118. The number of halogens is 1. The molecule has 4 rings (SSSR count). The lowest BCUT2D eigenvalue weighted by atomic mass is 10.0. The molecule has 1 aromatic heterocycles. The highest BCUT2D eigenvalue weighted by molar-refractivity contribution is 5.77. The molecule has 0 aliphatic carbocycles. The van der Waals surface area contributed by atoms with Crippen molar-refractivity contribution in [2.45, 2.75) is 19.0 Å². The molecule has 2 heterocycles. The van der Waals surface area contributed by atoms with Gasteiger partial charge in [-0.05, 0) is 35.4 Å². The molecule has 150 valence electrons. The van der Waals surface area contributed by atoms with E-state index < -0.39 is 0 Å². The Bertz CT molecular complexity index is 918. The number of nitrogens with zero attached hydrogens (tertiary/aromatic N) is 3. The molecule has 3 aromatic rings. The van der Waals surface area contributed by atoms with Crippen molar-refractivity contribution in [1.29, 1.82) is 0 Å². The molecule has 0 bridgehead atoms. The highest BCUT2D eigenvalue weighted by Crippen LogP contribution is 2.24. The number of rotatable bonds is 6. The summed E-state index contributed by atoms with van der Waals surface area (Å²) in [7, 11) is 0. The van der Waals surface area contributed by atoms with Crippen LogP contribution in [-0.2, 0) is 11.3 Å². The molecule has 0 saturated carbocycles. The van der Waals surface area contributed by atoms with Crippen LogP contribution in [0.3, 0.4) is 0 Å². The van der Waals surface area contributed by atoms with Gasteiger partial charge in [-0.25, -0.2) is 4.39 Å². The summed E-state index contributed by atoms with van der Waals surface area (Å²) in [4.78, 5) is 17.4. The van der Waals surface area contributed by atoms with E-state index in [1.807, 2.05) is 46.1 Å². The van der Waals surface area contributed by atoms with Gasteiger partial charge in [0.1, 0.15) is 5.82 Å². The van der Waals surface area contributed by atoms with Crippen LogP contribution in [-0.4, -0.2) is 46.5 Å². The maximum atomic E-state index is 13.8. The Balaban J connectivity index is 1.38. The molecular formula is C24H26FN3O. The predicted molar refractivity (Wildman–Crippen MR) is 112 cm³/mol. The molecule has 1 atom stereocenters. The molecule has 5 heteroatoms. The second kappa shape index (κ2) is 9.05. The minimum Gasteiger partial charge on any atom is -0.346 e. The number of hydrogen-bond acceptors (Lipinski definition) is 2. The van der Waals surface area contributed by atoms with Gasteiger partial charge < -0.3 is 9.47 Å². The zero-order valence-electron chi connectivity index (χ0n) is 16.5. The number of piperazine rings is 1. The van der Waals surface area contributed by atoms with Gasteiger partial charge in [0.25, 0.3) is 0 Å². The first-order valence-electron chi connectivity index (χ1n) is 10.1. The summed E-state index contributed by atoms with van der Waals surface area (Å²) in [5.74, 6) is -0.158. The SMILES string of the molecule is O=C(C[C@@H](c1cccc(F)c1)n1cccc1)N1CCN(Cc2ccccc2)CC1. The quantitative estimate of drug-likeness (QED) is 0.637. The number of carbonyl (C=O) groups excluding carboxylic acids is 1. The molecule has 2 aromatic carbocycles. The van der Waals surface area contributed by atoms with Crippen LogP contribution < -0.4 is 0 Å². The van der Waals surface area contributed by atoms with E-state index >= 15 is 0 Å². The maximum absolute atomic E-state index is 13.8. The average molecular weight is 391 g/mol. The average Bonchev–Trinajstić information content (AvgIpc) is 3.28. The van der Waals surface area contributed by atoms with Crippen molar-refractivity contribution in [1.82, 2.24) is 14.4 Å². The molecule has 1 saturated heterocycles. The van der Waals surface area contributed by atoms with Gasteiger partial charge in [-0.15, -0.1) is 0 Å². The summed E-state index contributed by atoms with van der Waals surface area (Å²) in [5.41, 5.74) is 2.11.